The number of carbonyl (C=O) groups excluding carboxylic acids is 2. The Hall–Kier alpha value is -2.63. The summed E-state index contributed by atoms with van der Waals surface area (Å²) in [6.07, 6.45) is 3.91. The number of hydrogen-bond acceptors (Lipinski definition) is 3. The van der Waals surface area contributed by atoms with Crippen LogP contribution in [0.25, 0.3) is 0 Å². The van der Waals surface area contributed by atoms with E-state index >= 15 is 0 Å². The molecule has 0 bridgehead atoms. The summed E-state index contributed by atoms with van der Waals surface area (Å²) in [6.45, 7) is 0.638. The zero-order chi connectivity index (χ0) is 17.0. The van der Waals surface area contributed by atoms with Gasteiger partial charge in [-0.15, -0.1) is 0 Å². The molecule has 1 aliphatic carbocycles. The van der Waals surface area contributed by atoms with Crippen LogP contribution in [0.3, 0.4) is 0 Å². The molecule has 2 aromatic rings. The van der Waals surface area contributed by atoms with Crippen molar-refractivity contribution in [3.05, 3.63) is 59.8 Å². The van der Waals surface area contributed by atoms with Crippen molar-refractivity contribution >= 4 is 11.8 Å². The molecule has 6 heteroatoms. The highest BCUT2D eigenvalue weighted by molar-refractivity contribution is 5.91. The first-order valence-electron chi connectivity index (χ1n) is 7.98. The zero-order valence-corrected chi connectivity index (χ0v) is 13.2. The Kier molecular flexibility index (Phi) is 4.64. The predicted octanol–water partition coefficient (Wildman–Crippen LogP) is 2.39. The molecule has 0 atom stereocenters. The van der Waals surface area contributed by atoms with Crippen LogP contribution in [0.5, 0.6) is 0 Å². The van der Waals surface area contributed by atoms with Gasteiger partial charge in [-0.1, -0.05) is 18.6 Å². The topological polar surface area (TPSA) is 71.3 Å². The maximum absolute atomic E-state index is 13.1. The molecule has 1 aromatic heterocycles. The molecule has 24 heavy (non-hydrogen) atoms. The summed E-state index contributed by atoms with van der Waals surface area (Å²) in [5.41, 5.74) is 0.269. The molecule has 0 unspecified atom stereocenters. The Labute approximate surface area is 139 Å². The summed E-state index contributed by atoms with van der Waals surface area (Å²) in [5.74, 6) is -0.462. The monoisotopic (exact) mass is 330 g/mol. The summed E-state index contributed by atoms with van der Waals surface area (Å²) >= 11 is 0. The van der Waals surface area contributed by atoms with E-state index in [1.165, 1.54) is 18.4 Å². The lowest BCUT2D eigenvalue weighted by Crippen LogP contribution is -2.50. The van der Waals surface area contributed by atoms with Crippen molar-refractivity contribution < 1.29 is 18.4 Å². The maximum atomic E-state index is 13.1. The van der Waals surface area contributed by atoms with Crippen molar-refractivity contribution in [2.75, 3.05) is 13.1 Å². The Balaban J connectivity index is 1.52. The van der Waals surface area contributed by atoms with E-state index in [4.69, 9.17) is 4.42 Å². The second-order valence-electron chi connectivity index (χ2n) is 5.93. The van der Waals surface area contributed by atoms with Crippen LogP contribution < -0.4 is 10.6 Å². The van der Waals surface area contributed by atoms with Gasteiger partial charge in [-0.2, -0.15) is 0 Å². The molecule has 1 aromatic carbocycles. The molecular formula is C18H19FN2O3. The second-order valence-corrected chi connectivity index (χ2v) is 5.93. The van der Waals surface area contributed by atoms with Gasteiger partial charge in [0.15, 0.2) is 5.76 Å². The van der Waals surface area contributed by atoms with E-state index in [2.05, 4.69) is 10.6 Å². The van der Waals surface area contributed by atoms with E-state index in [-0.39, 0.29) is 23.4 Å². The van der Waals surface area contributed by atoms with Crippen molar-refractivity contribution in [3.8, 4) is 0 Å². The lowest BCUT2D eigenvalue weighted by molar-refractivity contribution is -0.129. The fourth-order valence-electron chi connectivity index (χ4n) is 2.96. The van der Waals surface area contributed by atoms with Gasteiger partial charge < -0.3 is 15.1 Å². The van der Waals surface area contributed by atoms with Crippen LogP contribution >= 0.6 is 0 Å². The van der Waals surface area contributed by atoms with Gasteiger partial charge in [-0.3, -0.25) is 9.59 Å². The van der Waals surface area contributed by atoms with E-state index in [1.54, 1.807) is 24.3 Å². The number of amides is 2. The van der Waals surface area contributed by atoms with E-state index in [9.17, 15) is 14.0 Å². The SMILES string of the molecule is O=C(NCCNC(=O)C1(c2ccc(F)cc2)CCC1)c1ccco1. The minimum absolute atomic E-state index is 0.0763. The van der Waals surface area contributed by atoms with Gasteiger partial charge in [-0.05, 0) is 42.7 Å². The van der Waals surface area contributed by atoms with Crippen molar-refractivity contribution in [1.29, 1.82) is 0 Å². The number of halogens is 1. The van der Waals surface area contributed by atoms with E-state index in [0.717, 1.165) is 24.8 Å². The van der Waals surface area contributed by atoms with Crippen LogP contribution in [0.15, 0.2) is 47.1 Å². The molecule has 3 rings (SSSR count). The zero-order valence-electron chi connectivity index (χ0n) is 13.2. The van der Waals surface area contributed by atoms with Gasteiger partial charge in [0.2, 0.25) is 5.91 Å². The van der Waals surface area contributed by atoms with E-state index < -0.39 is 5.41 Å². The first kappa shape index (κ1) is 16.2. The molecule has 0 spiro atoms. The lowest BCUT2D eigenvalue weighted by Gasteiger charge is -2.40. The van der Waals surface area contributed by atoms with Crippen LogP contribution in [0.1, 0.15) is 35.4 Å². The van der Waals surface area contributed by atoms with Crippen LogP contribution in [0, 0.1) is 5.82 Å². The van der Waals surface area contributed by atoms with Crippen LogP contribution in [-0.4, -0.2) is 24.9 Å². The number of nitrogens with one attached hydrogen (secondary N) is 2. The number of carbonyl (C=O) groups is 2. The van der Waals surface area contributed by atoms with Crippen LogP contribution in [0.4, 0.5) is 4.39 Å². The van der Waals surface area contributed by atoms with E-state index in [0.29, 0.717) is 13.1 Å². The lowest BCUT2D eigenvalue weighted by atomic mass is 9.64. The van der Waals surface area contributed by atoms with Gasteiger partial charge in [-0.25, -0.2) is 4.39 Å². The Bertz CT molecular complexity index is 706. The largest absolute Gasteiger partial charge is 0.459 e. The average molecular weight is 330 g/mol. The molecule has 126 valence electrons. The fraction of sp³-hybridized carbons (Fsp3) is 0.333. The summed E-state index contributed by atoms with van der Waals surface area (Å²) in [5, 5.41) is 5.54. The molecule has 2 amide bonds. The molecule has 5 nitrogen and oxygen atoms in total. The third kappa shape index (κ3) is 3.18. The third-order valence-electron chi connectivity index (χ3n) is 4.48. The predicted molar refractivity (Wildman–Crippen MR) is 86.0 cm³/mol. The minimum atomic E-state index is -0.571. The number of benzene rings is 1. The molecule has 0 aliphatic heterocycles. The Morgan fingerprint density at radius 2 is 1.79 bits per heavy atom. The highest BCUT2D eigenvalue weighted by Gasteiger charge is 2.45. The van der Waals surface area contributed by atoms with Crippen molar-refractivity contribution in [1.82, 2.24) is 10.6 Å². The summed E-state index contributed by atoms with van der Waals surface area (Å²) < 4.78 is 18.1. The van der Waals surface area contributed by atoms with Gasteiger partial charge in [0.25, 0.3) is 5.91 Å². The van der Waals surface area contributed by atoms with Gasteiger partial charge in [0, 0.05) is 13.1 Å². The molecule has 0 radical (unpaired) electrons. The molecule has 1 saturated carbocycles. The minimum Gasteiger partial charge on any atom is -0.459 e. The standard InChI is InChI=1S/C18H19FN2O3/c19-14-6-4-13(5-7-14)18(8-2-9-18)17(23)21-11-10-20-16(22)15-3-1-12-24-15/h1,3-7,12H,2,8-11H2,(H,20,22)(H,21,23). The normalized spacial score (nSPS) is 15.4. The number of rotatable bonds is 6. The number of hydrogen-bond donors (Lipinski definition) is 2. The average Bonchev–Trinajstić information content (AvgIpc) is 3.06. The smallest absolute Gasteiger partial charge is 0.287 e. The summed E-state index contributed by atoms with van der Waals surface area (Å²) in [4.78, 5) is 24.3. The summed E-state index contributed by atoms with van der Waals surface area (Å²) in [6, 6.07) is 9.32. The van der Waals surface area contributed by atoms with Crippen molar-refractivity contribution in [2.45, 2.75) is 24.7 Å². The van der Waals surface area contributed by atoms with Gasteiger partial charge in [0.1, 0.15) is 5.82 Å². The molecule has 1 aliphatic rings. The highest BCUT2D eigenvalue weighted by Crippen LogP contribution is 2.43. The van der Waals surface area contributed by atoms with Crippen molar-refractivity contribution in [3.63, 3.8) is 0 Å². The number of furan rings is 1. The highest BCUT2D eigenvalue weighted by atomic mass is 19.1. The quantitative estimate of drug-likeness (QED) is 0.799. The van der Waals surface area contributed by atoms with Crippen LogP contribution in [-0.2, 0) is 10.2 Å². The fourth-order valence-corrected chi connectivity index (χ4v) is 2.96. The van der Waals surface area contributed by atoms with Crippen LogP contribution in [0.2, 0.25) is 0 Å². The summed E-state index contributed by atoms with van der Waals surface area (Å²) in [7, 11) is 0. The molecule has 2 N–H and O–H groups in total. The van der Waals surface area contributed by atoms with Gasteiger partial charge in [0.05, 0.1) is 11.7 Å². The first-order chi connectivity index (χ1) is 11.6. The molecule has 1 heterocycles. The third-order valence-corrected chi connectivity index (χ3v) is 4.48. The Morgan fingerprint density at radius 3 is 2.38 bits per heavy atom. The molecule has 1 fully saturated rings. The molecular weight excluding hydrogens is 311 g/mol. The molecule has 0 saturated heterocycles. The van der Waals surface area contributed by atoms with Crippen molar-refractivity contribution in [2.24, 2.45) is 0 Å². The van der Waals surface area contributed by atoms with E-state index in [1.807, 2.05) is 0 Å². The maximum Gasteiger partial charge on any atom is 0.287 e. The second kappa shape index (κ2) is 6.86. The Morgan fingerprint density at radius 1 is 1.08 bits per heavy atom. The van der Waals surface area contributed by atoms with Gasteiger partial charge >= 0.3 is 0 Å². The first-order valence-corrected chi connectivity index (χ1v) is 7.98.